The van der Waals surface area contributed by atoms with Crippen LogP contribution in [0.1, 0.15) is 46.0 Å². The van der Waals surface area contributed by atoms with Crippen molar-refractivity contribution in [1.82, 2.24) is 5.32 Å². The molecule has 1 aliphatic heterocycles. The summed E-state index contributed by atoms with van der Waals surface area (Å²) in [5.74, 6) is 1.89. The molecule has 0 radical (unpaired) electrons. The van der Waals surface area contributed by atoms with Gasteiger partial charge in [0.15, 0.2) is 0 Å². The first-order valence-corrected chi connectivity index (χ1v) is 5.48. The predicted molar refractivity (Wildman–Crippen MR) is 52.1 cm³/mol. The van der Waals surface area contributed by atoms with Crippen molar-refractivity contribution < 1.29 is 0 Å². The Morgan fingerprint density at radius 1 is 1.42 bits per heavy atom. The first-order chi connectivity index (χ1) is 5.73. The first kappa shape index (κ1) is 8.55. The lowest BCUT2D eigenvalue weighted by atomic mass is 9.83. The van der Waals surface area contributed by atoms with Crippen molar-refractivity contribution in [2.24, 2.45) is 11.8 Å². The Hall–Kier alpha value is -0.0400. The van der Waals surface area contributed by atoms with Crippen LogP contribution in [0.4, 0.5) is 0 Å². The van der Waals surface area contributed by atoms with Crippen LogP contribution in [0.2, 0.25) is 0 Å². The molecule has 2 rings (SSSR count). The molecule has 1 unspecified atom stereocenters. The largest absolute Gasteiger partial charge is 0.311 e. The van der Waals surface area contributed by atoms with Crippen LogP contribution in [-0.2, 0) is 0 Å². The average molecular weight is 167 g/mol. The molecule has 70 valence electrons. The van der Waals surface area contributed by atoms with Gasteiger partial charge in [-0.05, 0) is 50.5 Å². The van der Waals surface area contributed by atoms with Crippen molar-refractivity contribution in [3.8, 4) is 0 Å². The highest BCUT2D eigenvalue weighted by molar-refractivity contribution is 5.04. The van der Waals surface area contributed by atoms with E-state index in [9.17, 15) is 0 Å². The zero-order valence-electron chi connectivity index (χ0n) is 8.40. The zero-order chi connectivity index (χ0) is 8.60. The first-order valence-electron chi connectivity index (χ1n) is 5.48. The van der Waals surface area contributed by atoms with Gasteiger partial charge in [-0.15, -0.1) is 0 Å². The van der Waals surface area contributed by atoms with Gasteiger partial charge in [-0.25, -0.2) is 0 Å². The summed E-state index contributed by atoms with van der Waals surface area (Å²) in [6, 6.07) is 0. The Kier molecular flexibility index (Phi) is 2.16. The van der Waals surface area contributed by atoms with E-state index in [1.807, 2.05) is 0 Å². The Balaban J connectivity index is 2.00. The normalized spacial score (nSPS) is 36.2. The van der Waals surface area contributed by atoms with Gasteiger partial charge < -0.3 is 5.32 Å². The van der Waals surface area contributed by atoms with Crippen molar-refractivity contribution in [3.05, 3.63) is 0 Å². The summed E-state index contributed by atoms with van der Waals surface area (Å²) < 4.78 is 0. The van der Waals surface area contributed by atoms with E-state index in [0.29, 0.717) is 5.54 Å². The maximum absolute atomic E-state index is 3.76. The van der Waals surface area contributed by atoms with E-state index in [2.05, 4.69) is 19.2 Å². The van der Waals surface area contributed by atoms with Gasteiger partial charge in [-0.2, -0.15) is 0 Å². The van der Waals surface area contributed by atoms with Gasteiger partial charge in [0.1, 0.15) is 0 Å². The Morgan fingerprint density at radius 2 is 2.17 bits per heavy atom. The van der Waals surface area contributed by atoms with Crippen molar-refractivity contribution in [1.29, 1.82) is 0 Å². The van der Waals surface area contributed by atoms with Crippen molar-refractivity contribution in [2.75, 3.05) is 6.54 Å². The summed E-state index contributed by atoms with van der Waals surface area (Å²) in [5.41, 5.74) is 0.578. The smallest absolute Gasteiger partial charge is 0.0212 e. The Morgan fingerprint density at radius 3 is 2.58 bits per heavy atom. The van der Waals surface area contributed by atoms with Gasteiger partial charge >= 0.3 is 0 Å². The fraction of sp³-hybridized carbons (Fsp3) is 1.00. The van der Waals surface area contributed by atoms with Crippen LogP contribution in [0.3, 0.4) is 0 Å². The molecule has 0 aromatic rings. The Labute approximate surface area is 75.9 Å². The molecule has 0 aromatic heterocycles. The number of hydrogen-bond donors (Lipinski definition) is 1. The van der Waals surface area contributed by atoms with Gasteiger partial charge in [0.2, 0.25) is 0 Å². The number of rotatable bonds is 3. The molecule has 0 amide bonds. The third-order valence-corrected chi connectivity index (χ3v) is 3.41. The molecule has 0 bridgehead atoms. The average Bonchev–Trinajstić information content (AvgIpc) is 2.75. The molecule has 1 nitrogen and oxygen atoms in total. The van der Waals surface area contributed by atoms with Crippen LogP contribution < -0.4 is 5.32 Å². The quantitative estimate of drug-likeness (QED) is 0.681. The molecule has 1 saturated heterocycles. The third kappa shape index (κ3) is 1.52. The maximum atomic E-state index is 3.76. The highest BCUT2D eigenvalue weighted by Crippen LogP contribution is 2.47. The van der Waals surface area contributed by atoms with E-state index in [4.69, 9.17) is 0 Å². The van der Waals surface area contributed by atoms with E-state index < -0.39 is 0 Å². The molecule has 2 aliphatic rings. The van der Waals surface area contributed by atoms with Crippen molar-refractivity contribution in [3.63, 3.8) is 0 Å². The molecule has 2 fully saturated rings. The lowest BCUT2D eigenvalue weighted by molar-refractivity contribution is 0.265. The van der Waals surface area contributed by atoms with Crippen molar-refractivity contribution >= 4 is 0 Å². The van der Waals surface area contributed by atoms with E-state index >= 15 is 0 Å². The number of hydrogen-bond acceptors (Lipinski definition) is 1. The predicted octanol–water partition coefficient (Wildman–Crippen LogP) is 2.56. The van der Waals surface area contributed by atoms with Crippen LogP contribution in [0.25, 0.3) is 0 Å². The standard InChI is InChI=1S/C11H21N/c1-9(2)8-11(10-4-5-10)6-3-7-12-11/h9-10,12H,3-8H2,1-2H3. The molecule has 0 spiro atoms. The maximum Gasteiger partial charge on any atom is 0.0212 e. The number of nitrogens with one attached hydrogen (secondary N) is 1. The summed E-state index contributed by atoms with van der Waals surface area (Å²) in [6.45, 7) is 5.97. The molecule has 1 N–H and O–H groups in total. The summed E-state index contributed by atoms with van der Waals surface area (Å²) in [6.07, 6.45) is 7.22. The van der Waals surface area contributed by atoms with Crippen LogP contribution in [0.15, 0.2) is 0 Å². The Bertz CT molecular complexity index is 152. The fourth-order valence-electron chi connectivity index (χ4n) is 2.88. The molecule has 1 aliphatic carbocycles. The van der Waals surface area contributed by atoms with Gasteiger partial charge in [0, 0.05) is 5.54 Å². The molecular formula is C11H21N. The second kappa shape index (κ2) is 3.02. The highest BCUT2D eigenvalue weighted by atomic mass is 15.0. The van der Waals surface area contributed by atoms with E-state index in [1.54, 1.807) is 0 Å². The van der Waals surface area contributed by atoms with Gasteiger partial charge in [-0.1, -0.05) is 13.8 Å². The van der Waals surface area contributed by atoms with Gasteiger partial charge in [0.05, 0.1) is 0 Å². The molecule has 1 heteroatoms. The summed E-state index contributed by atoms with van der Waals surface area (Å²) >= 11 is 0. The van der Waals surface area contributed by atoms with Crippen LogP contribution in [0, 0.1) is 11.8 Å². The minimum absolute atomic E-state index is 0.578. The molecular weight excluding hydrogens is 146 g/mol. The molecule has 1 heterocycles. The third-order valence-electron chi connectivity index (χ3n) is 3.41. The molecule has 12 heavy (non-hydrogen) atoms. The molecule has 1 saturated carbocycles. The summed E-state index contributed by atoms with van der Waals surface area (Å²) in [5, 5.41) is 3.76. The van der Waals surface area contributed by atoms with Crippen molar-refractivity contribution in [2.45, 2.75) is 51.5 Å². The van der Waals surface area contributed by atoms with Gasteiger partial charge in [-0.3, -0.25) is 0 Å². The van der Waals surface area contributed by atoms with E-state index in [0.717, 1.165) is 11.8 Å². The SMILES string of the molecule is CC(C)CC1(C2CC2)CCCN1. The molecule has 1 atom stereocenters. The van der Waals surface area contributed by atoms with Crippen LogP contribution in [0.5, 0.6) is 0 Å². The zero-order valence-corrected chi connectivity index (χ0v) is 8.40. The van der Waals surface area contributed by atoms with E-state index in [-0.39, 0.29) is 0 Å². The molecule has 0 aromatic carbocycles. The highest BCUT2D eigenvalue weighted by Gasteiger charge is 2.46. The summed E-state index contributed by atoms with van der Waals surface area (Å²) in [4.78, 5) is 0. The van der Waals surface area contributed by atoms with E-state index in [1.165, 1.54) is 38.6 Å². The topological polar surface area (TPSA) is 12.0 Å². The van der Waals surface area contributed by atoms with Crippen LogP contribution >= 0.6 is 0 Å². The monoisotopic (exact) mass is 167 g/mol. The lowest BCUT2D eigenvalue weighted by Gasteiger charge is -2.31. The van der Waals surface area contributed by atoms with Gasteiger partial charge in [0.25, 0.3) is 0 Å². The minimum atomic E-state index is 0.578. The fourth-order valence-corrected chi connectivity index (χ4v) is 2.88. The van der Waals surface area contributed by atoms with Crippen LogP contribution in [-0.4, -0.2) is 12.1 Å². The summed E-state index contributed by atoms with van der Waals surface area (Å²) in [7, 11) is 0. The second-order valence-electron chi connectivity index (χ2n) is 5.06. The minimum Gasteiger partial charge on any atom is -0.311 e. The second-order valence-corrected chi connectivity index (χ2v) is 5.06. The lowest BCUT2D eigenvalue weighted by Crippen LogP contribution is -2.43.